The molecule has 4 rings (SSSR count). The molecule has 0 bridgehead atoms. The molecule has 1 N–H and O–H groups in total. The number of nitrogens with zero attached hydrogens (tertiary/aromatic N) is 3. The van der Waals surface area contributed by atoms with Crippen molar-refractivity contribution in [3.05, 3.63) is 87.3 Å². The number of carbonyl (C=O) groups is 1. The summed E-state index contributed by atoms with van der Waals surface area (Å²) in [5.41, 5.74) is 2.44. The van der Waals surface area contributed by atoms with E-state index in [2.05, 4.69) is 15.5 Å². The molecule has 2 aromatic carbocycles. The highest BCUT2D eigenvalue weighted by molar-refractivity contribution is 5.90. The second kappa shape index (κ2) is 8.78. The first-order valence-corrected chi connectivity index (χ1v) is 10.1. The molecule has 0 saturated carbocycles. The molecule has 0 saturated heterocycles. The fourth-order valence-corrected chi connectivity index (χ4v) is 3.45. The topological polar surface area (TPSA) is 90.0 Å². The van der Waals surface area contributed by atoms with Crippen molar-refractivity contribution in [3.8, 4) is 22.8 Å². The molecule has 0 spiro atoms. The molecule has 0 aliphatic rings. The van der Waals surface area contributed by atoms with Gasteiger partial charge in [-0.2, -0.15) is 4.98 Å². The number of aryl methyl sites for hydroxylation is 3. The highest BCUT2D eigenvalue weighted by atomic mass is 19.1. The molecule has 0 aliphatic heterocycles. The van der Waals surface area contributed by atoms with Crippen LogP contribution in [0.4, 0.5) is 14.5 Å². The van der Waals surface area contributed by atoms with E-state index in [1.54, 1.807) is 19.9 Å². The lowest BCUT2D eigenvalue weighted by Crippen LogP contribution is -2.31. The van der Waals surface area contributed by atoms with Crippen molar-refractivity contribution in [2.24, 2.45) is 0 Å². The minimum atomic E-state index is -0.911. The molecule has 0 radical (unpaired) electrons. The van der Waals surface area contributed by atoms with Crippen molar-refractivity contribution in [2.45, 2.75) is 27.3 Å². The molecule has 0 aliphatic carbocycles. The minimum Gasteiger partial charge on any atom is -0.333 e. The van der Waals surface area contributed by atoms with Gasteiger partial charge in [0.2, 0.25) is 11.7 Å². The largest absolute Gasteiger partial charge is 0.333 e. The number of benzene rings is 2. The number of hydrogen-bond acceptors (Lipinski definition) is 5. The summed E-state index contributed by atoms with van der Waals surface area (Å²) in [6.45, 7) is 4.99. The van der Waals surface area contributed by atoms with E-state index in [1.165, 1.54) is 4.57 Å². The summed E-state index contributed by atoms with van der Waals surface area (Å²) in [5, 5.41) is 6.33. The molecule has 33 heavy (non-hydrogen) atoms. The standard InChI is InChI=1S/C24H20F2N4O3/c1-13-4-6-16(7-5-13)22-28-23(33-29-22)21-14(2)10-15(3)30(24(21)32)12-20(31)27-19-9-8-17(25)11-18(19)26/h4-11H,12H2,1-3H3,(H,27,31). The molecule has 168 valence electrons. The number of anilines is 1. The maximum Gasteiger partial charge on any atom is 0.264 e. The Balaban J connectivity index is 1.64. The molecule has 0 unspecified atom stereocenters. The van der Waals surface area contributed by atoms with Crippen LogP contribution in [-0.2, 0) is 11.3 Å². The van der Waals surface area contributed by atoms with Gasteiger partial charge in [-0.15, -0.1) is 0 Å². The van der Waals surface area contributed by atoms with Crippen molar-refractivity contribution < 1.29 is 18.1 Å². The maximum absolute atomic E-state index is 13.9. The predicted octanol–water partition coefficient (Wildman–Crippen LogP) is 4.41. The molecule has 9 heteroatoms. The van der Waals surface area contributed by atoms with Crippen molar-refractivity contribution >= 4 is 11.6 Å². The van der Waals surface area contributed by atoms with Crippen LogP contribution in [0.15, 0.2) is 57.8 Å². The van der Waals surface area contributed by atoms with E-state index < -0.39 is 23.1 Å². The van der Waals surface area contributed by atoms with Crippen LogP contribution >= 0.6 is 0 Å². The van der Waals surface area contributed by atoms with Crippen LogP contribution in [0.1, 0.15) is 16.8 Å². The number of pyridine rings is 1. The first-order valence-electron chi connectivity index (χ1n) is 10.1. The van der Waals surface area contributed by atoms with Crippen LogP contribution < -0.4 is 10.9 Å². The number of carbonyl (C=O) groups excluding carboxylic acids is 1. The Labute approximate surface area is 187 Å². The van der Waals surface area contributed by atoms with Gasteiger partial charge in [-0.3, -0.25) is 9.59 Å². The zero-order valence-electron chi connectivity index (χ0n) is 18.1. The van der Waals surface area contributed by atoms with Gasteiger partial charge in [0.25, 0.3) is 11.4 Å². The van der Waals surface area contributed by atoms with Gasteiger partial charge in [0.15, 0.2) is 0 Å². The zero-order valence-corrected chi connectivity index (χ0v) is 18.1. The quantitative estimate of drug-likeness (QED) is 0.487. The van der Waals surface area contributed by atoms with Crippen LogP contribution in [0.2, 0.25) is 0 Å². The molecule has 4 aromatic rings. The van der Waals surface area contributed by atoms with Crippen molar-refractivity contribution in [1.82, 2.24) is 14.7 Å². The van der Waals surface area contributed by atoms with Gasteiger partial charge in [-0.1, -0.05) is 35.0 Å². The minimum absolute atomic E-state index is 0.0341. The molecule has 2 heterocycles. The first kappa shape index (κ1) is 22.1. The third-order valence-electron chi connectivity index (χ3n) is 5.16. The predicted molar refractivity (Wildman–Crippen MR) is 119 cm³/mol. The Hall–Kier alpha value is -4.14. The summed E-state index contributed by atoms with van der Waals surface area (Å²) >= 11 is 0. The number of hydrogen-bond donors (Lipinski definition) is 1. The van der Waals surface area contributed by atoms with Gasteiger partial charge in [0.05, 0.1) is 5.69 Å². The van der Waals surface area contributed by atoms with E-state index in [4.69, 9.17) is 4.52 Å². The Kier molecular flexibility index (Phi) is 5.87. The summed E-state index contributed by atoms with van der Waals surface area (Å²) in [4.78, 5) is 30.1. The molecule has 0 fully saturated rings. The highest BCUT2D eigenvalue weighted by Crippen LogP contribution is 2.23. The monoisotopic (exact) mass is 450 g/mol. The van der Waals surface area contributed by atoms with Crippen molar-refractivity contribution in [1.29, 1.82) is 0 Å². The van der Waals surface area contributed by atoms with E-state index in [9.17, 15) is 18.4 Å². The Morgan fingerprint density at radius 3 is 2.48 bits per heavy atom. The molecule has 1 amide bonds. The van der Waals surface area contributed by atoms with Gasteiger partial charge in [0.1, 0.15) is 23.7 Å². The second-order valence-electron chi connectivity index (χ2n) is 7.70. The van der Waals surface area contributed by atoms with Gasteiger partial charge >= 0.3 is 0 Å². The van der Waals surface area contributed by atoms with Crippen molar-refractivity contribution in [2.75, 3.05) is 5.32 Å². The lowest BCUT2D eigenvalue weighted by molar-refractivity contribution is -0.116. The smallest absolute Gasteiger partial charge is 0.264 e. The van der Waals surface area contributed by atoms with Gasteiger partial charge in [0, 0.05) is 17.3 Å². The van der Waals surface area contributed by atoms with E-state index >= 15 is 0 Å². The van der Waals surface area contributed by atoms with Gasteiger partial charge in [-0.05, 0) is 44.5 Å². The molecule has 7 nitrogen and oxygen atoms in total. The third-order valence-corrected chi connectivity index (χ3v) is 5.16. The Morgan fingerprint density at radius 2 is 1.79 bits per heavy atom. The fraction of sp³-hybridized carbons (Fsp3) is 0.167. The maximum atomic E-state index is 13.9. The SMILES string of the molecule is Cc1ccc(-c2noc(-c3c(C)cc(C)n(CC(=O)Nc4ccc(F)cc4F)c3=O)n2)cc1. The van der Waals surface area contributed by atoms with Gasteiger partial charge in [-0.25, -0.2) is 8.78 Å². The average Bonchev–Trinajstić information content (AvgIpc) is 3.23. The number of nitrogens with one attached hydrogen (secondary N) is 1. The van der Waals surface area contributed by atoms with Crippen LogP contribution in [0.25, 0.3) is 22.8 Å². The second-order valence-corrected chi connectivity index (χ2v) is 7.70. The number of aromatic nitrogens is 3. The number of amides is 1. The van der Waals surface area contributed by atoms with Gasteiger partial charge < -0.3 is 14.4 Å². The van der Waals surface area contributed by atoms with Crippen LogP contribution in [0, 0.1) is 32.4 Å². The van der Waals surface area contributed by atoms with E-state index in [0.29, 0.717) is 23.1 Å². The van der Waals surface area contributed by atoms with E-state index in [1.807, 2.05) is 31.2 Å². The third kappa shape index (κ3) is 4.57. The number of halogens is 2. The Bertz CT molecular complexity index is 1410. The molecular formula is C24H20F2N4O3. The van der Waals surface area contributed by atoms with E-state index in [0.717, 1.165) is 23.3 Å². The molecule has 2 aromatic heterocycles. The summed E-state index contributed by atoms with van der Waals surface area (Å²) in [5.74, 6) is -1.95. The molecular weight excluding hydrogens is 430 g/mol. The summed E-state index contributed by atoms with van der Waals surface area (Å²) in [7, 11) is 0. The lowest BCUT2D eigenvalue weighted by Gasteiger charge is -2.13. The van der Waals surface area contributed by atoms with Crippen LogP contribution in [0.5, 0.6) is 0 Å². The summed E-state index contributed by atoms with van der Waals surface area (Å²) in [6.07, 6.45) is 0. The highest BCUT2D eigenvalue weighted by Gasteiger charge is 2.20. The van der Waals surface area contributed by atoms with Crippen molar-refractivity contribution in [3.63, 3.8) is 0 Å². The normalized spacial score (nSPS) is 10.9. The summed E-state index contributed by atoms with van der Waals surface area (Å²) in [6, 6.07) is 12.1. The lowest BCUT2D eigenvalue weighted by atomic mass is 10.1. The first-order chi connectivity index (χ1) is 15.7. The van der Waals surface area contributed by atoms with E-state index in [-0.39, 0.29) is 23.7 Å². The fourth-order valence-electron chi connectivity index (χ4n) is 3.45. The number of rotatable bonds is 5. The zero-order chi connectivity index (χ0) is 23.7. The summed E-state index contributed by atoms with van der Waals surface area (Å²) < 4.78 is 33.5. The van der Waals surface area contributed by atoms with Crippen LogP contribution in [0.3, 0.4) is 0 Å². The average molecular weight is 450 g/mol. The van der Waals surface area contributed by atoms with Crippen LogP contribution in [-0.4, -0.2) is 20.6 Å². The Morgan fingerprint density at radius 1 is 1.06 bits per heavy atom. The molecule has 0 atom stereocenters.